The highest BCUT2D eigenvalue weighted by Crippen LogP contribution is 2.04. The summed E-state index contributed by atoms with van der Waals surface area (Å²) >= 11 is 0. The Morgan fingerprint density at radius 1 is 1.40 bits per heavy atom. The first-order valence-corrected chi connectivity index (χ1v) is 3.20. The SMILES string of the molecule is CC1(C)C=NC=C=CC=N1. The van der Waals surface area contributed by atoms with Crippen molar-refractivity contribution in [2.45, 2.75) is 19.4 Å². The van der Waals surface area contributed by atoms with Crippen molar-refractivity contribution >= 4 is 12.4 Å². The Hall–Kier alpha value is -1.14. The summed E-state index contributed by atoms with van der Waals surface area (Å²) < 4.78 is 0. The molecule has 2 heteroatoms. The summed E-state index contributed by atoms with van der Waals surface area (Å²) in [6.07, 6.45) is 6.91. The zero-order chi connectivity index (χ0) is 7.45. The van der Waals surface area contributed by atoms with E-state index in [2.05, 4.69) is 15.7 Å². The number of aliphatic imine (C=N–C) groups is 2. The number of hydrogen-bond donors (Lipinski definition) is 0. The second kappa shape index (κ2) is 2.63. The second-order valence-electron chi connectivity index (χ2n) is 2.67. The van der Waals surface area contributed by atoms with Crippen molar-refractivity contribution in [3.8, 4) is 0 Å². The summed E-state index contributed by atoms with van der Waals surface area (Å²) in [6.45, 7) is 4.00. The van der Waals surface area contributed by atoms with Crippen LogP contribution in [0, 0.1) is 0 Å². The first kappa shape index (κ1) is 6.97. The topological polar surface area (TPSA) is 24.7 Å². The number of allylic oxidation sites excluding steroid dienone is 1. The Kier molecular flexibility index (Phi) is 1.83. The van der Waals surface area contributed by atoms with Gasteiger partial charge in [-0.2, -0.15) is 0 Å². The van der Waals surface area contributed by atoms with Gasteiger partial charge in [-0.15, -0.1) is 0 Å². The van der Waals surface area contributed by atoms with Crippen LogP contribution in [0.25, 0.3) is 0 Å². The van der Waals surface area contributed by atoms with Crippen LogP contribution in [0.4, 0.5) is 0 Å². The molecule has 0 unspecified atom stereocenters. The molecule has 0 bridgehead atoms. The first-order valence-electron chi connectivity index (χ1n) is 3.20. The maximum atomic E-state index is 4.20. The quantitative estimate of drug-likeness (QED) is 0.449. The molecule has 0 saturated carbocycles. The molecule has 0 aliphatic carbocycles. The van der Waals surface area contributed by atoms with Crippen LogP contribution in [0.3, 0.4) is 0 Å². The van der Waals surface area contributed by atoms with Crippen LogP contribution in [-0.4, -0.2) is 18.0 Å². The predicted octanol–water partition coefficient (Wildman–Crippen LogP) is 1.59. The maximum absolute atomic E-state index is 4.20. The molecule has 0 aromatic carbocycles. The van der Waals surface area contributed by atoms with Crippen molar-refractivity contribution in [3.05, 3.63) is 18.0 Å². The van der Waals surface area contributed by atoms with Gasteiger partial charge >= 0.3 is 0 Å². The molecule has 0 saturated heterocycles. The molecule has 0 aromatic rings. The number of hydrogen-bond acceptors (Lipinski definition) is 2. The summed E-state index contributed by atoms with van der Waals surface area (Å²) in [4.78, 5) is 8.18. The molecular formula is C8H10N2. The molecule has 1 aliphatic heterocycles. The van der Waals surface area contributed by atoms with E-state index >= 15 is 0 Å². The lowest BCUT2D eigenvalue weighted by Gasteiger charge is -2.11. The minimum absolute atomic E-state index is 0.172. The van der Waals surface area contributed by atoms with E-state index in [1.807, 2.05) is 13.8 Å². The molecule has 0 atom stereocenters. The van der Waals surface area contributed by atoms with E-state index in [-0.39, 0.29) is 5.54 Å². The molecule has 10 heavy (non-hydrogen) atoms. The standard InChI is InChI=1S/C8H10N2/c1-8(2)7-9-5-3-4-6-10-8/h4-7H,1-2H3. The van der Waals surface area contributed by atoms with E-state index in [1.54, 1.807) is 24.7 Å². The normalized spacial score (nSPS) is 20.6. The first-order chi connectivity index (χ1) is 4.71. The maximum Gasteiger partial charge on any atom is 0.0901 e. The zero-order valence-electron chi connectivity index (χ0n) is 6.20. The van der Waals surface area contributed by atoms with E-state index in [1.165, 1.54) is 0 Å². The van der Waals surface area contributed by atoms with Crippen LogP contribution in [0.15, 0.2) is 28.0 Å². The van der Waals surface area contributed by atoms with Gasteiger partial charge in [0.25, 0.3) is 0 Å². The van der Waals surface area contributed by atoms with Gasteiger partial charge in [-0.1, -0.05) is 5.73 Å². The van der Waals surface area contributed by atoms with Crippen molar-refractivity contribution in [2.24, 2.45) is 9.98 Å². The van der Waals surface area contributed by atoms with Crippen LogP contribution in [-0.2, 0) is 0 Å². The third-order valence-electron chi connectivity index (χ3n) is 1.12. The monoisotopic (exact) mass is 134 g/mol. The van der Waals surface area contributed by atoms with Crippen LogP contribution in [0.5, 0.6) is 0 Å². The lowest BCUT2D eigenvalue weighted by molar-refractivity contribution is 0.721. The van der Waals surface area contributed by atoms with E-state index in [4.69, 9.17) is 0 Å². The Labute approximate surface area is 60.7 Å². The molecular weight excluding hydrogens is 124 g/mol. The van der Waals surface area contributed by atoms with Gasteiger partial charge in [0.15, 0.2) is 0 Å². The molecule has 0 amide bonds. The van der Waals surface area contributed by atoms with E-state index < -0.39 is 0 Å². The lowest BCUT2D eigenvalue weighted by Crippen LogP contribution is -2.18. The third kappa shape index (κ3) is 2.00. The highest BCUT2D eigenvalue weighted by molar-refractivity contribution is 5.78. The highest BCUT2D eigenvalue weighted by Gasteiger charge is 2.09. The summed E-state index contributed by atoms with van der Waals surface area (Å²) in [5.74, 6) is 0. The Morgan fingerprint density at radius 3 is 3.00 bits per heavy atom. The molecule has 1 heterocycles. The predicted molar refractivity (Wildman–Crippen MR) is 43.7 cm³/mol. The average Bonchev–Trinajstić information content (AvgIpc) is 1.81. The van der Waals surface area contributed by atoms with Gasteiger partial charge in [-0.3, -0.25) is 9.98 Å². The highest BCUT2D eigenvalue weighted by atomic mass is 14.9. The molecule has 0 fully saturated rings. The zero-order valence-corrected chi connectivity index (χ0v) is 6.20. The van der Waals surface area contributed by atoms with Gasteiger partial charge in [-0.25, -0.2) is 0 Å². The Balaban J connectivity index is 2.90. The van der Waals surface area contributed by atoms with E-state index in [0.717, 1.165) is 0 Å². The van der Waals surface area contributed by atoms with Gasteiger partial charge in [0.05, 0.1) is 11.7 Å². The molecule has 0 aromatic heterocycles. The fraction of sp³-hybridized carbons (Fsp3) is 0.375. The molecule has 52 valence electrons. The lowest BCUT2D eigenvalue weighted by atomic mass is 10.1. The minimum atomic E-state index is -0.172. The van der Waals surface area contributed by atoms with Crippen molar-refractivity contribution in [1.82, 2.24) is 0 Å². The molecule has 1 rings (SSSR count). The van der Waals surface area contributed by atoms with Crippen molar-refractivity contribution in [2.75, 3.05) is 0 Å². The summed E-state index contributed by atoms with van der Waals surface area (Å²) in [7, 11) is 0. The number of rotatable bonds is 0. The van der Waals surface area contributed by atoms with Crippen molar-refractivity contribution < 1.29 is 0 Å². The van der Waals surface area contributed by atoms with Gasteiger partial charge < -0.3 is 0 Å². The van der Waals surface area contributed by atoms with Gasteiger partial charge in [0.1, 0.15) is 0 Å². The Morgan fingerprint density at radius 2 is 2.20 bits per heavy atom. The molecule has 2 nitrogen and oxygen atoms in total. The van der Waals surface area contributed by atoms with E-state index in [0.29, 0.717) is 0 Å². The van der Waals surface area contributed by atoms with Crippen LogP contribution in [0.2, 0.25) is 0 Å². The van der Waals surface area contributed by atoms with Gasteiger partial charge in [0.2, 0.25) is 0 Å². The van der Waals surface area contributed by atoms with Gasteiger partial charge in [0, 0.05) is 12.4 Å². The van der Waals surface area contributed by atoms with Crippen molar-refractivity contribution in [1.29, 1.82) is 0 Å². The van der Waals surface area contributed by atoms with Crippen LogP contribution in [0.1, 0.15) is 13.8 Å². The summed E-state index contributed by atoms with van der Waals surface area (Å²) in [5, 5.41) is 0. The summed E-state index contributed by atoms with van der Waals surface area (Å²) in [6, 6.07) is 0. The average molecular weight is 134 g/mol. The largest absolute Gasteiger partial charge is 0.281 e. The molecule has 0 spiro atoms. The smallest absolute Gasteiger partial charge is 0.0901 e. The number of nitrogens with zero attached hydrogens (tertiary/aromatic N) is 2. The van der Waals surface area contributed by atoms with Crippen molar-refractivity contribution in [3.63, 3.8) is 0 Å². The fourth-order valence-corrected chi connectivity index (χ4v) is 0.611. The fourth-order valence-electron chi connectivity index (χ4n) is 0.611. The van der Waals surface area contributed by atoms with E-state index in [9.17, 15) is 0 Å². The third-order valence-corrected chi connectivity index (χ3v) is 1.12. The minimum Gasteiger partial charge on any atom is -0.281 e. The molecule has 1 aliphatic rings. The molecule has 0 N–H and O–H groups in total. The summed E-state index contributed by atoms with van der Waals surface area (Å²) in [5.41, 5.74) is 2.66. The Bertz CT molecular complexity index is 208. The van der Waals surface area contributed by atoms with Crippen LogP contribution < -0.4 is 0 Å². The molecule has 0 radical (unpaired) electrons. The second-order valence-corrected chi connectivity index (χ2v) is 2.67. The van der Waals surface area contributed by atoms with Gasteiger partial charge in [-0.05, 0) is 19.9 Å². The van der Waals surface area contributed by atoms with Crippen LogP contribution >= 0.6 is 0 Å².